The van der Waals surface area contributed by atoms with Gasteiger partial charge in [0.2, 0.25) is 0 Å². The summed E-state index contributed by atoms with van der Waals surface area (Å²) >= 11 is 0. The predicted molar refractivity (Wildman–Crippen MR) is 212 cm³/mol. The van der Waals surface area contributed by atoms with Crippen LogP contribution in [0.5, 0.6) is 0 Å². The largest absolute Gasteiger partial charge is 0.456 e. The molecule has 0 fully saturated rings. The van der Waals surface area contributed by atoms with Crippen molar-refractivity contribution in [3.63, 3.8) is 0 Å². The second kappa shape index (κ2) is 9.94. The minimum atomic E-state index is -0.0710. The first-order chi connectivity index (χ1) is 24.5. The molecule has 0 unspecified atom stereocenters. The normalized spacial score (nSPS) is 13.6. The van der Waals surface area contributed by atoms with Crippen LogP contribution in [0.15, 0.2) is 162 Å². The molecule has 1 heteroatoms. The number of furan rings is 1. The quantitative estimate of drug-likeness (QED) is 0.172. The number of hydrogen-bond acceptors (Lipinski definition) is 1. The SMILES string of the molecule is CC1(C)c2cc(-c3cccc(-c4ccc5c(c4)c4ccccc4c4cc6c(cc54)oc4ccccc46)c3)ccc2-c2c1ccc1ccccc21. The first-order valence-corrected chi connectivity index (χ1v) is 17.5. The number of benzene rings is 9. The van der Waals surface area contributed by atoms with E-state index in [4.69, 9.17) is 4.42 Å². The highest BCUT2D eigenvalue weighted by Crippen LogP contribution is 2.52. The van der Waals surface area contributed by atoms with Crippen LogP contribution in [0.3, 0.4) is 0 Å². The van der Waals surface area contributed by atoms with E-state index >= 15 is 0 Å². The Kier molecular flexibility index (Phi) is 5.51. The van der Waals surface area contributed by atoms with E-state index in [9.17, 15) is 0 Å². The smallest absolute Gasteiger partial charge is 0.136 e. The molecule has 50 heavy (non-hydrogen) atoms. The molecule has 1 aliphatic carbocycles. The highest BCUT2D eigenvalue weighted by atomic mass is 16.3. The molecule has 234 valence electrons. The summed E-state index contributed by atoms with van der Waals surface area (Å²) in [4.78, 5) is 0. The van der Waals surface area contributed by atoms with Crippen molar-refractivity contribution in [3.8, 4) is 33.4 Å². The van der Waals surface area contributed by atoms with E-state index in [1.165, 1.54) is 93.0 Å². The Balaban J connectivity index is 1.06. The van der Waals surface area contributed by atoms with Crippen LogP contribution in [-0.4, -0.2) is 0 Å². The van der Waals surface area contributed by atoms with Gasteiger partial charge in [0, 0.05) is 16.2 Å². The standard InChI is InChI=1S/C49H32O/c1-49(2)44-23-20-29-10-3-4-13-34(29)48(44)39-22-19-33(26-45(39)49)31-12-9-11-30(24-31)32-18-21-37-40(25-32)35-14-5-6-15-36(35)41-27-43-38-16-7-8-17-46(38)50-47(43)28-42(37)41/h3-28H,1-2H3. The fraction of sp³-hybridized carbons (Fsp3) is 0.0612. The summed E-state index contributed by atoms with van der Waals surface area (Å²) in [6, 6.07) is 58.2. The minimum absolute atomic E-state index is 0.0710. The lowest BCUT2D eigenvalue weighted by Crippen LogP contribution is -2.15. The molecule has 1 aliphatic rings. The zero-order valence-electron chi connectivity index (χ0n) is 27.9. The van der Waals surface area contributed by atoms with Gasteiger partial charge in [-0.1, -0.05) is 135 Å². The van der Waals surface area contributed by atoms with E-state index in [-0.39, 0.29) is 5.41 Å². The summed E-state index contributed by atoms with van der Waals surface area (Å²) < 4.78 is 6.35. The van der Waals surface area contributed by atoms with Crippen molar-refractivity contribution in [2.24, 2.45) is 0 Å². The molecular formula is C49H32O. The van der Waals surface area contributed by atoms with E-state index in [1.807, 2.05) is 6.07 Å². The number of hydrogen-bond donors (Lipinski definition) is 0. The lowest BCUT2D eigenvalue weighted by Gasteiger charge is -2.22. The van der Waals surface area contributed by atoms with Gasteiger partial charge < -0.3 is 4.42 Å². The van der Waals surface area contributed by atoms with Crippen LogP contribution in [0, 0.1) is 0 Å². The molecule has 0 atom stereocenters. The molecule has 0 amide bonds. The topological polar surface area (TPSA) is 13.1 Å². The van der Waals surface area contributed by atoms with Gasteiger partial charge in [-0.2, -0.15) is 0 Å². The molecule has 1 heterocycles. The summed E-state index contributed by atoms with van der Waals surface area (Å²) in [5, 5.41) is 12.5. The summed E-state index contributed by atoms with van der Waals surface area (Å²) in [6.45, 7) is 4.74. The Morgan fingerprint density at radius 3 is 1.80 bits per heavy atom. The van der Waals surface area contributed by atoms with Crippen LogP contribution in [0.25, 0.3) is 98.4 Å². The average Bonchev–Trinajstić information content (AvgIpc) is 3.65. The van der Waals surface area contributed by atoms with Crippen molar-refractivity contribution >= 4 is 65.0 Å². The van der Waals surface area contributed by atoms with Crippen molar-refractivity contribution < 1.29 is 4.42 Å². The maximum atomic E-state index is 6.35. The van der Waals surface area contributed by atoms with Crippen LogP contribution >= 0.6 is 0 Å². The molecule has 0 saturated carbocycles. The van der Waals surface area contributed by atoms with Gasteiger partial charge in [0.1, 0.15) is 11.2 Å². The van der Waals surface area contributed by atoms with E-state index in [2.05, 4.69) is 166 Å². The van der Waals surface area contributed by atoms with Gasteiger partial charge in [-0.3, -0.25) is 0 Å². The van der Waals surface area contributed by atoms with Gasteiger partial charge in [0.25, 0.3) is 0 Å². The third kappa shape index (κ3) is 3.78. The summed E-state index contributed by atoms with van der Waals surface area (Å²) in [5.41, 5.74) is 12.3. The van der Waals surface area contributed by atoms with Gasteiger partial charge in [0.05, 0.1) is 0 Å². The Labute approximate surface area is 290 Å². The molecule has 0 radical (unpaired) electrons. The van der Waals surface area contributed by atoms with Crippen LogP contribution in [-0.2, 0) is 5.41 Å². The third-order valence-electron chi connectivity index (χ3n) is 11.4. The minimum Gasteiger partial charge on any atom is -0.456 e. The van der Waals surface area contributed by atoms with Gasteiger partial charge in [0.15, 0.2) is 0 Å². The lowest BCUT2D eigenvalue weighted by molar-refractivity contribution is 0.661. The van der Waals surface area contributed by atoms with Gasteiger partial charge in [-0.15, -0.1) is 0 Å². The van der Waals surface area contributed by atoms with Crippen LogP contribution in [0.1, 0.15) is 25.0 Å². The van der Waals surface area contributed by atoms with E-state index in [1.54, 1.807) is 0 Å². The van der Waals surface area contributed by atoms with Crippen molar-refractivity contribution in [1.29, 1.82) is 0 Å². The Morgan fingerprint density at radius 2 is 0.980 bits per heavy atom. The van der Waals surface area contributed by atoms with Gasteiger partial charge in [-0.05, 0) is 124 Å². The molecular weight excluding hydrogens is 605 g/mol. The second-order valence-electron chi connectivity index (χ2n) is 14.5. The van der Waals surface area contributed by atoms with Crippen molar-refractivity contribution in [2.45, 2.75) is 19.3 Å². The van der Waals surface area contributed by atoms with Crippen LogP contribution in [0.2, 0.25) is 0 Å². The van der Waals surface area contributed by atoms with Crippen molar-refractivity contribution in [3.05, 3.63) is 169 Å². The maximum absolute atomic E-state index is 6.35. The Morgan fingerprint density at radius 1 is 0.360 bits per heavy atom. The van der Waals surface area contributed by atoms with Crippen LogP contribution < -0.4 is 0 Å². The third-order valence-corrected chi connectivity index (χ3v) is 11.4. The molecule has 9 aromatic carbocycles. The molecule has 10 aromatic rings. The molecule has 1 aromatic heterocycles. The summed E-state index contributed by atoms with van der Waals surface area (Å²) in [5.74, 6) is 0. The molecule has 0 saturated heterocycles. The molecule has 0 aliphatic heterocycles. The molecule has 0 N–H and O–H groups in total. The van der Waals surface area contributed by atoms with Crippen molar-refractivity contribution in [2.75, 3.05) is 0 Å². The second-order valence-corrected chi connectivity index (χ2v) is 14.5. The molecule has 0 bridgehead atoms. The Bertz CT molecular complexity index is 3060. The van der Waals surface area contributed by atoms with Gasteiger partial charge >= 0.3 is 0 Å². The fourth-order valence-corrected chi connectivity index (χ4v) is 8.92. The molecule has 11 rings (SSSR count). The van der Waals surface area contributed by atoms with E-state index in [0.29, 0.717) is 0 Å². The molecule has 1 nitrogen and oxygen atoms in total. The highest BCUT2D eigenvalue weighted by Gasteiger charge is 2.36. The highest BCUT2D eigenvalue weighted by molar-refractivity contribution is 6.28. The number of para-hydroxylation sites is 1. The average molecular weight is 637 g/mol. The lowest BCUT2D eigenvalue weighted by atomic mass is 9.81. The summed E-state index contributed by atoms with van der Waals surface area (Å²) in [7, 11) is 0. The van der Waals surface area contributed by atoms with Crippen LogP contribution in [0.4, 0.5) is 0 Å². The predicted octanol–water partition coefficient (Wildman–Crippen LogP) is 13.8. The fourth-order valence-electron chi connectivity index (χ4n) is 8.92. The van der Waals surface area contributed by atoms with E-state index < -0.39 is 0 Å². The zero-order valence-corrected chi connectivity index (χ0v) is 27.9. The van der Waals surface area contributed by atoms with Crippen molar-refractivity contribution in [1.82, 2.24) is 0 Å². The maximum Gasteiger partial charge on any atom is 0.136 e. The summed E-state index contributed by atoms with van der Waals surface area (Å²) in [6.07, 6.45) is 0. The monoisotopic (exact) mass is 636 g/mol. The number of fused-ring (bicyclic) bond motifs is 14. The zero-order chi connectivity index (χ0) is 33.1. The first-order valence-electron chi connectivity index (χ1n) is 17.5. The van der Waals surface area contributed by atoms with E-state index in [0.717, 1.165) is 16.6 Å². The first kappa shape index (κ1) is 27.7. The number of rotatable bonds is 2. The molecule has 0 spiro atoms. The van der Waals surface area contributed by atoms with Gasteiger partial charge in [-0.25, -0.2) is 0 Å². The Hall–Kier alpha value is -6.18.